The van der Waals surface area contributed by atoms with Crippen LogP contribution >= 0.6 is 46.6 Å². The van der Waals surface area contributed by atoms with Gasteiger partial charge >= 0.3 is 0 Å². The van der Waals surface area contributed by atoms with Crippen LogP contribution in [0.2, 0.25) is 0 Å². The van der Waals surface area contributed by atoms with Crippen molar-refractivity contribution in [1.29, 1.82) is 0 Å². The average molecular weight is 542 g/mol. The Morgan fingerprint density at radius 1 is 1.28 bits per heavy atom. The van der Waals surface area contributed by atoms with Crippen molar-refractivity contribution in [3.05, 3.63) is 66.1 Å². The fourth-order valence-corrected chi connectivity index (χ4v) is 4.34. The molecule has 2 aromatic rings. The largest absolute Gasteiger partial charge is 0.490 e. The first-order valence-corrected chi connectivity index (χ1v) is 10.7. The lowest BCUT2D eigenvalue weighted by Crippen LogP contribution is -2.17. The molecule has 1 saturated heterocycles. The SMILES string of the molecule is CCOc1cc(/C=C2/SC(=S)NC2=O)cc(I)c1OCc1ccc([N+](=O)[O-])cc1. The van der Waals surface area contributed by atoms with E-state index in [0.717, 1.165) is 14.7 Å². The standard InChI is InChI=1S/C19H15IN2O5S2/c1-2-26-15-8-12(9-16-18(23)21-19(28)29-16)7-14(20)17(15)27-10-11-3-5-13(6-4-11)22(24)25/h3-9H,2,10H2,1H3,(H,21,23,28)/b16-9+. The molecule has 2 aromatic carbocycles. The quantitative estimate of drug-likeness (QED) is 0.179. The summed E-state index contributed by atoms with van der Waals surface area (Å²) in [4.78, 5) is 22.7. The van der Waals surface area contributed by atoms with Gasteiger partial charge in [0.05, 0.1) is 20.0 Å². The number of hydrogen-bond donors (Lipinski definition) is 1. The molecule has 3 rings (SSSR count). The number of carbonyl (C=O) groups excluding carboxylic acids is 1. The molecular formula is C19H15IN2O5S2. The van der Waals surface area contributed by atoms with E-state index < -0.39 is 4.92 Å². The van der Waals surface area contributed by atoms with Crippen molar-refractivity contribution < 1.29 is 19.2 Å². The smallest absolute Gasteiger partial charge is 0.269 e. The van der Waals surface area contributed by atoms with Crippen molar-refractivity contribution in [1.82, 2.24) is 5.32 Å². The first-order valence-electron chi connectivity index (χ1n) is 8.44. The molecule has 1 N–H and O–H groups in total. The summed E-state index contributed by atoms with van der Waals surface area (Å²) in [5.41, 5.74) is 1.62. The highest BCUT2D eigenvalue weighted by molar-refractivity contribution is 14.1. The second-order valence-corrected chi connectivity index (χ2v) is 8.71. The number of non-ortho nitro benzene ring substituents is 1. The summed E-state index contributed by atoms with van der Waals surface area (Å²) in [5.74, 6) is 0.914. The Labute approximate surface area is 190 Å². The monoisotopic (exact) mass is 542 g/mol. The van der Waals surface area contributed by atoms with Gasteiger partial charge in [-0.05, 0) is 71.0 Å². The van der Waals surface area contributed by atoms with Crippen LogP contribution < -0.4 is 14.8 Å². The molecule has 0 saturated carbocycles. The normalized spacial score (nSPS) is 14.8. The second kappa shape index (κ2) is 9.55. The Morgan fingerprint density at radius 3 is 2.59 bits per heavy atom. The molecule has 7 nitrogen and oxygen atoms in total. The maximum absolute atomic E-state index is 11.9. The predicted molar refractivity (Wildman–Crippen MR) is 124 cm³/mol. The highest BCUT2D eigenvalue weighted by Crippen LogP contribution is 2.36. The Bertz CT molecular complexity index is 1010. The van der Waals surface area contributed by atoms with Gasteiger partial charge in [0.15, 0.2) is 11.5 Å². The van der Waals surface area contributed by atoms with Gasteiger partial charge in [0.25, 0.3) is 11.6 Å². The van der Waals surface area contributed by atoms with E-state index in [0.29, 0.717) is 27.3 Å². The van der Waals surface area contributed by atoms with Gasteiger partial charge in [-0.15, -0.1) is 0 Å². The van der Waals surface area contributed by atoms with E-state index in [1.54, 1.807) is 24.3 Å². The number of hydrogen-bond acceptors (Lipinski definition) is 7. The highest BCUT2D eigenvalue weighted by atomic mass is 127. The number of benzene rings is 2. The number of thiocarbonyl (C=S) groups is 1. The number of amides is 1. The van der Waals surface area contributed by atoms with E-state index >= 15 is 0 Å². The minimum Gasteiger partial charge on any atom is -0.490 e. The zero-order chi connectivity index (χ0) is 21.0. The number of rotatable bonds is 7. The summed E-state index contributed by atoms with van der Waals surface area (Å²) in [6.07, 6.45) is 1.75. The first kappa shape index (κ1) is 21.5. The van der Waals surface area contributed by atoms with E-state index in [4.69, 9.17) is 21.7 Å². The Kier molecular flexibility index (Phi) is 7.09. The predicted octanol–water partition coefficient (Wildman–Crippen LogP) is 4.67. The molecule has 1 aliphatic heterocycles. The number of halogens is 1. The van der Waals surface area contributed by atoms with Crippen molar-refractivity contribution in [3.63, 3.8) is 0 Å². The van der Waals surface area contributed by atoms with Gasteiger partial charge in [-0.1, -0.05) is 24.0 Å². The van der Waals surface area contributed by atoms with Gasteiger partial charge in [-0.25, -0.2) is 0 Å². The molecular weight excluding hydrogens is 527 g/mol. The van der Waals surface area contributed by atoms with Crippen LogP contribution in [0, 0.1) is 13.7 Å². The average Bonchev–Trinajstić information content (AvgIpc) is 2.98. The van der Waals surface area contributed by atoms with Gasteiger partial charge in [0.1, 0.15) is 10.9 Å². The molecule has 150 valence electrons. The third kappa shape index (κ3) is 5.46. The third-order valence-electron chi connectivity index (χ3n) is 3.80. The lowest BCUT2D eigenvalue weighted by molar-refractivity contribution is -0.384. The lowest BCUT2D eigenvalue weighted by Gasteiger charge is -2.15. The summed E-state index contributed by atoms with van der Waals surface area (Å²) >= 11 is 8.38. The van der Waals surface area contributed by atoms with Crippen LogP contribution in [-0.2, 0) is 11.4 Å². The summed E-state index contributed by atoms with van der Waals surface area (Å²) in [6.45, 7) is 2.56. The van der Waals surface area contributed by atoms with Gasteiger partial charge in [0.2, 0.25) is 0 Å². The summed E-state index contributed by atoms with van der Waals surface area (Å²) in [6, 6.07) is 9.88. The molecule has 0 aromatic heterocycles. The molecule has 0 radical (unpaired) electrons. The molecule has 1 amide bonds. The van der Waals surface area contributed by atoms with Crippen molar-refractivity contribution in [2.75, 3.05) is 6.61 Å². The van der Waals surface area contributed by atoms with Crippen LogP contribution in [0.25, 0.3) is 6.08 Å². The van der Waals surface area contributed by atoms with E-state index in [1.165, 1.54) is 23.9 Å². The molecule has 1 heterocycles. The zero-order valence-corrected chi connectivity index (χ0v) is 18.9. The van der Waals surface area contributed by atoms with Crippen LogP contribution in [0.3, 0.4) is 0 Å². The summed E-state index contributed by atoms with van der Waals surface area (Å²) in [7, 11) is 0. The minimum atomic E-state index is -0.441. The third-order valence-corrected chi connectivity index (χ3v) is 5.77. The fourth-order valence-electron chi connectivity index (χ4n) is 2.52. The summed E-state index contributed by atoms with van der Waals surface area (Å²) in [5, 5.41) is 13.4. The molecule has 1 fully saturated rings. The Morgan fingerprint density at radius 2 is 2.00 bits per heavy atom. The van der Waals surface area contributed by atoms with Crippen LogP contribution in [0.5, 0.6) is 11.5 Å². The number of carbonyl (C=O) groups is 1. The molecule has 0 aliphatic carbocycles. The van der Waals surface area contributed by atoms with Gasteiger partial charge < -0.3 is 14.8 Å². The highest BCUT2D eigenvalue weighted by Gasteiger charge is 2.22. The molecule has 10 heteroatoms. The van der Waals surface area contributed by atoms with Crippen molar-refractivity contribution in [3.8, 4) is 11.5 Å². The number of nitro groups is 1. The van der Waals surface area contributed by atoms with E-state index in [2.05, 4.69) is 27.9 Å². The minimum absolute atomic E-state index is 0.0315. The van der Waals surface area contributed by atoms with Crippen LogP contribution in [0.4, 0.5) is 5.69 Å². The summed E-state index contributed by atoms with van der Waals surface area (Å²) < 4.78 is 12.9. The maximum atomic E-state index is 11.9. The number of thioether (sulfide) groups is 1. The topological polar surface area (TPSA) is 90.7 Å². The van der Waals surface area contributed by atoms with Crippen LogP contribution in [0.1, 0.15) is 18.1 Å². The molecule has 1 aliphatic rings. The molecule has 0 spiro atoms. The van der Waals surface area contributed by atoms with E-state index in [9.17, 15) is 14.9 Å². The zero-order valence-electron chi connectivity index (χ0n) is 15.1. The lowest BCUT2D eigenvalue weighted by atomic mass is 10.1. The number of nitrogens with one attached hydrogen (secondary N) is 1. The van der Waals surface area contributed by atoms with Gasteiger partial charge in [-0.3, -0.25) is 14.9 Å². The first-order chi connectivity index (χ1) is 13.9. The number of nitrogens with zero attached hydrogens (tertiary/aromatic N) is 1. The van der Waals surface area contributed by atoms with Crippen molar-refractivity contribution >= 4 is 68.6 Å². The molecule has 0 atom stereocenters. The maximum Gasteiger partial charge on any atom is 0.269 e. The fraction of sp³-hybridized carbons (Fsp3) is 0.158. The second-order valence-electron chi connectivity index (χ2n) is 5.83. The Hall–Kier alpha value is -2.18. The van der Waals surface area contributed by atoms with E-state index in [1.807, 2.05) is 13.0 Å². The molecule has 0 bridgehead atoms. The molecule has 0 unspecified atom stereocenters. The van der Waals surface area contributed by atoms with Crippen LogP contribution in [0.15, 0.2) is 41.3 Å². The van der Waals surface area contributed by atoms with Crippen LogP contribution in [-0.4, -0.2) is 21.8 Å². The van der Waals surface area contributed by atoms with E-state index in [-0.39, 0.29) is 18.2 Å². The van der Waals surface area contributed by atoms with Gasteiger partial charge in [0, 0.05) is 12.1 Å². The number of nitro benzene ring substituents is 1. The van der Waals surface area contributed by atoms with Crippen molar-refractivity contribution in [2.45, 2.75) is 13.5 Å². The van der Waals surface area contributed by atoms with Crippen molar-refractivity contribution in [2.24, 2.45) is 0 Å². The Balaban J connectivity index is 1.82. The number of ether oxygens (including phenoxy) is 2. The molecule has 29 heavy (non-hydrogen) atoms. The van der Waals surface area contributed by atoms with Gasteiger partial charge in [-0.2, -0.15) is 0 Å².